The number of hydrogen-bond acceptors (Lipinski definition) is 2. The maximum atomic E-state index is 12.6. The first-order valence-corrected chi connectivity index (χ1v) is 8.02. The van der Waals surface area contributed by atoms with Crippen LogP contribution in [0.2, 0.25) is 0 Å². The molecule has 3 nitrogen and oxygen atoms in total. The zero-order valence-electron chi connectivity index (χ0n) is 14.6. The Labute approximate surface area is 138 Å². The maximum Gasteiger partial charge on any atom is 0.265 e. The van der Waals surface area contributed by atoms with Gasteiger partial charge in [-0.2, -0.15) is 0 Å². The van der Waals surface area contributed by atoms with Crippen molar-refractivity contribution < 1.29 is 9.53 Å². The molecule has 0 radical (unpaired) electrons. The fourth-order valence-electron chi connectivity index (χ4n) is 2.70. The van der Waals surface area contributed by atoms with Crippen LogP contribution < -0.4 is 10.1 Å². The molecule has 23 heavy (non-hydrogen) atoms. The van der Waals surface area contributed by atoms with Crippen LogP contribution in [0.5, 0.6) is 5.75 Å². The summed E-state index contributed by atoms with van der Waals surface area (Å²) in [6.45, 7) is 10.00. The van der Waals surface area contributed by atoms with E-state index in [0.717, 1.165) is 33.7 Å². The van der Waals surface area contributed by atoms with E-state index in [1.807, 2.05) is 65.0 Å². The van der Waals surface area contributed by atoms with Gasteiger partial charge in [0.15, 0.2) is 6.10 Å². The van der Waals surface area contributed by atoms with Gasteiger partial charge < -0.3 is 10.1 Å². The Kier molecular flexibility index (Phi) is 5.43. The van der Waals surface area contributed by atoms with Crippen molar-refractivity contribution in [3.63, 3.8) is 0 Å². The van der Waals surface area contributed by atoms with Gasteiger partial charge in [0.1, 0.15) is 5.75 Å². The molecular formula is C20H25NO2. The average Bonchev–Trinajstić information content (AvgIpc) is 2.47. The van der Waals surface area contributed by atoms with Crippen molar-refractivity contribution in [2.45, 2.75) is 47.1 Å². The van der Waals surface area contributed by atoms with Crippen molar-refractivity contribution in [3.05, 3.63) is 58.7 Å². The maximum absolute atomic E-state index is 12.6. The first-order valence-electron chi connectivity index (χ1n) is 8.02. The van der Waals surface area contributed by atoms with E-state index in [2.05, 4.69) is 11.4 Å². The van der Waals surface area contributed by atoms with Crippen LogP contribution in [-0.2, 0) is 4.79 Å². The van der Waals surface area contributed by atoms with E-state index >= 15 is 0 Å². The molecule has 1 atom stereocenters. The van der Waals surface area contributed by atoms with E-state index in [4.69, 9.17) is 4.74 Å². The topological polar surface area (TPSA) is 38.3 Å². The summed E-state index contributed by atoms with van der Waals surface area (Å²) in [5.41, 5.74) is 5.24. The van der Waals surface area contributed by atoms with Crippen molar-refractivity contribution >= 4 is 11.6 Å². The molecule has 1 N–H and O–H groups in total. The lowest BCUT2D eigenvalue weighted by Crippen LogP contribution is -2.32. The smallest absolute Gasteiger partial charge is 0.265 e. The van der Waals surface area contributed by atoms with Gasteiger partial charge in [0.25, 0.3) is 5.91 Å². The lowest BCUT2D eigenvalue weighted by Gasteiger charge is -2.19. The van der Waals surface area contributed by atoms with Crippen molar-refractivity contribution in [1.29, 1.82) is 0 Å². The van der Waals surface area contributed by atoms with Gasteiger partial charge in [0.05, 0.1) is 0 Å². The highest BCUT2D eigenvalue weighted by Crippen LogP contribution is 2.22. The number of anilines is 1. The Balaban J connectivity index is 2.15. The molecule has 0 fully saturated rings. The molecule has 0 saturated carbocycles. The summed E-state index contributed by atoms with van der Waals surface area (Å²) in [5, 5.41) is 3.02. The van der Waals surface area contributed by atoms with Crippen LogP contribution in [0.3, 0.4) is 0 Å². The van der Waals surface area contributed by atoms with Gasteiger partial charge in [-0.05, 0) is 68.5 Å². The Morgan fingerprint density at radius 1 is 1.04 bits per heavy atom. The average molecular weight is 311 g/mol. The fraction of sp³-hybridized carbons (Fsp3) is 0.350. The number of hydrogen-bond donors (Lipinski definition) is 1. The first kappa shape index (κ1) is 17.1. The van der Waals surface area contributed by atoms with Gasteiger partial charge in [-0.3, -0.25) is 4.79 Å². The molecule has 0 heterocycles. The third-order valence-electron chi connectivity index (χ3n) is 3.87. The van der Waals surface area contributed by atoms with Crippen molar-refractivity contribution in [3.8, 4) is 5.75 Å². The van der Waals surface area contributed by atoms with Crippen LogP contribution in [0.25, 0.3) is 0 Å². The van der Waals surface area contributed by atoms with Gasteiger partial charge in [0.2, 0.25) is 0 Å². The van der Waals surface area contributed by atoms with E-state index in [0.29, 0.717) is 6.42 Å². The van der Waals surface area contributed by atoms with Crippen LogP contribution >= 0.6 is 0 Å². The van der Waals surface area contributed by atoms with E-state index in [-0.39, 0.29) is 5.91 Å². The SMILES string of the molecule is CC[C@H](Oc1cc(C)cc(C)c1)C(=O)Nc1c(C)cccc1C. The summed E-state index contributed by atoms with van der Waals surface area (Å²) in [5.74, 6) is 0.634. The highest BCUT2D eigenvalue weighted by atomic mass is 16.5. The number of rotatable bonds is 5. The number of amides is 1. The molecule has 2 aromatic rings. The number of benzene rings is 2. The van der Waals surface area contributed by atoms with E-state index in [9.17, 15) is 4.79 Å². The zero-order valence-corrected chi connectivity index (χ0v) is 14.6. The van der Waals surface area contributed by atoms with Gasteiger partial charge in [0, 0.05) is 5.69 Å². The number of ether oxygens (including phenoxy) is 1. The van der Waals surface area contributed by atoms with Gasteiger partial charge >= 0.3 is 0 Å². The molecule has 3 heteroatoms. The minimum Gasteiger partial charge on any atom is -0.481 e. The lowest BCUT2D eigenvalue weighted by atomic mass is 10.1. The molecule has 0 bridgehead atoms. The van der Waals surface area contributed by atoms with Crippen LogP contribution in [0.4, 0.5) is 5.69 Å². The molecule has 0 unspecified atom stereocenters. The number of nitrogens with one attached hydrogen (secondary N) is 1. The van der Waals surface area contributed by atoms with E-state index in [1.54, 1.807) is 0 Å². The summed E-state index contributed by atoms with van der Waals surface area (Å²) in [4.78, 5) is 12.6. The second-order valence-corrected chi connectivity index (χ2v) is 6.09. The van der Waals surface area contributed by atoms with Crippen molar-refractivity contribution in [2.24, 2.45) is 0 Å². The van der Waals surface area contributed by atoms with Gasteiger partial charge in [-0.15, -0.1) is 0 Å². The molecule has 0 saturated heterocycles. The molecule has 122 valence electrons. The summed E-state index contributed by atoms with van der Waals surface area (Å²) in [7, 11) is 0. The standard InChI is InChI=1S/C20H25NO2/c1-6-18(23-17-11-13(2)10-14(3)12-17)20(22)21-19-15(4)8-7-9-16(19)5/h7-12,18H,6H2,1-5H3,(H,21,22)/t18-/m0/s1. The number of carbonyl (C=O) groups excluding carboxylic acids is 1. The third-order valence-corrected chi connectivity index (χ3v) is 3.87. The summed E-state index contributed by atoms with van der Waals surface area (Å²) in [6.07, 6.45) is 0.110. The van der Waals surface area contributed by atoms with Crippen LogP contribution in [0, 0.1) is 27.7 Å². The number of carbonyl (C=O) groups is 1. The Bertz CT molecular complexity index is 666. The molecular weight excluding hydrogens is 286 g/mol. The molecule has 2 aromatic carbocycles. The Morgan fingerprint density at radius 3 is 2.13 bits per heavy atom. The van der Waals surface area contributed by atoms with E-state index in [1.165, 1.54) is 0 Å². The van der Waals surface area contributed by atoms with Crippen LogP contribution in [-0.4, -0.2) is 12.0 Å². The van der Waals surface area contributed by atoms with Gasteiger partial charge in [-0.1, -0.05) is 31.2 Å². The second-order valence-electron chi connectivity index (χ2n) is 6.09. The first-order chi connectivity index (χ1) is 10.9. The molecule has 1 amide bonds. The number of para-hydroxylation sites is 1. The Morgan fingerprint density at radius 2 is 1.61 bits per heavy atom. The van der Waals surface area contributed by atoms with Crippen molar-refractivity contribution in [2.75, 3.05) is 5.32 Å². The van der Waals surface area contributed by atoms with E-state index < -0.39 is 6.10 Å². The summed E-state index contributed by atoms with van der Waals surface area (Å²) >= 11 is 0. The Hall–Kier alpha value is -2.29. The molecule has 0 aromatic heterocycles. The highest BCUT2D eigenvalue weighted by Gasteiger charge is 2.20. The van der Waals surface area contributed by atoms with Crippen LogP contribution in [0.1, 0.15) is 35.6 Å². The fourth-order valence-corrected chi connectivity index (χ4v) is 2.70. The summed E-state index contributed by atoms with van der Waals surface area (Å²) < 4.78 is 5.93. The largest absolute Gasteiger partial charge is 0.481 e. The second kappa shape index (κ2) is 7.32. The minimum absolute atomic E-state index is 0.107. The predicted molar refractivity (Wildman–Crippen MR) is 95.2 cm³/mol. The van der Waals surface area contributed by atoms with Crippen molar-refractivity contribution in [1.82, 2.24) is 0 Å². The monoisotopic (exact) mass is 311 g/mol. The third kappa shape index (κ3) is 4.35. The summed E-state index contributed by atoms with van der Waals surface area (Å²) in [6, 6.07) is 12.0. The molecule has 0 aliphatic rings. The molecule has 0 aliphatic carbocycles. The number of aryl methyl sites for hydroxylation is 4. The normalized spacial score (nSPS) is 11.9. The highest BCUT2D eigenvalue weighted by molar-refractivity contribution is 5.95. The zero-order chi connectivity index (χ0) is 17.0. The quantitative estimate of drug-likeness (QED) is 0.868. The van der Waals surface area contributed by atoms with Gasteiger partial charge in [-0.25, -0.2) is 0 Å². The molecule has 0 spiro atoms. The molecule has 2 rings (SSSR count). The van der Waals surface area contributed by atoms with Crippen LogP contribution in [0.15, 0.2) is 36.4 Å². The predicted octanol–water partition coefficient (Wildman–Crippen LogP) is 4.72. The minimum atomic E-state index is -0.504. The molecule has 0 aliphatic heterocycles. The lowest BCUT2D eigenvalue weighted by molar-refractivity contribution is -0.122.